The molecular weight excluding hydrogens is 536 g/mol. The maximum absolute atomic E-state index is 11.7. The minimum absolute atomic E-state index is 0.0800. The number of halogens is 1. The van der Waals surface area contributed by atoms with Crippen LogP contribution in [0.4, 0.5) is 0 Å². The van der Waals surface area contributed by atoms with Crippen molar-refractivity contribution in [1.82, 2.24) is 14.9 Å². The highest BCUT2D eigenvalue weighted by Gasteiger charge is 2.26. The number of rotatable bonds is 11. The minimum atomic E-state index is -3.75. The Kier molecular flexibility index (Phi) is 8.23. The molecule has 1 atom stereocenters. The van der Waals surface area contributed by atoms with Crippen molar-refractivity contribution in [2.75, 3.05) is 6.79 Å². The van der Waals surface area contributed by atoms with E-state index in [9.17, 15) is 8.42 Å². The van der Waals surface area contributed by atoms with Crippen LogP contribution in [-0.2, 0) is 29.5 Å². The first kappa shape index (κ1) is 27.2. The zero-order chi connectivity index (χ0) is 27.4. The van der Waals surface area contributed by atoms with E-state index in [-0.39, 0.29) is 17.7 Å². The average molecular weight is 567 g/mol. The van der Waals surface area contributed by atoms with Crippen molar-refractivity contribution in [3.05, 3.63) is 94.8 Å². The summed E-state index contributed by atoms with van der Waals surface area (Å²) in [5, 5.41) is 9.37. The lowest BCUT2D eigenvalue weighted by Crippen LogP contribution is -2.26. The summed E-state index contributed by atoms with van der Waals surface area (Å²) in [4.78, 5) is 4.89. The van der Waals surface area contributed by atoms with E-state index < -0.39 is 10.0 Å². The third-order valence-corrected chi connectivity index (χ3v) is 7.95. The summed E-state index contributed by atoms with van der Waals surface area (Å²) in [6, 6.07) is 22.4. The van der Waals surface area contributed by atoms with Crippen LogP contribution >= 0.6 is 11.6 Å². The van der Waals surface area contributed by atoms with Gasteiger partial charge in [-0.15, -0.1) is 0 Å². The fourth-order valence-electron chi connectivity index (χ4n) is 4.73. The molecule has 3 N–H and O–H groups in total. The Morgan fingerprint density at radius 3 is 2.46 bits per heavy atom. The smallest absolute Gasteiger partial charge is 0.238 e. The standard InChI is InChI=1S/C29H31ClN4O4S/c1-2-3-15-34-27(28(30)33-29(34)22-7-5-4-6-8-22)24(16-21-11-14-25-26(17-21)38-19-37-25)32-18-20-9-12-23(13-10-20)39(31,35)36/h4-14,17,24,32H,2-3,15-16,18-19H2,1H3,(H2,31,35,36). The Morgan fingerprint density at radius 1 is 1.03 bits per heavy atom. The summed E-state index contributed by atoms with van der Waals surface area (Å²) < 4.78 is 36.7. The molecule has 0 bridgehead atoms. The van der Waals surface area contributed by atoms with E-state index in [0.29, 0.717) is 18.1 Å². The maximum atomic E-state index is 11.7. The topological polar surface area (TPSA) is 108 Å². The van der Waals surface area contributed by atoms with Gasteiger partial charge in [-0.2, -0.15) is 0 Å². The fourth-order valence-corrected chi connectivity index (χ4v) is 5.55. The molecule has 8 nitrogen and oxygen atoms in total. The zero-order valence-corrected chi connectivity index (χ0v) is 23.2. The van der Waals surface area contributed by atoms with Gasteiger partial charge in [-0.05, 0) is 48.2 Å². The Hall–Kier alpha value is -3.37. The van der Waals surface area contributed by atoms with Crippen LogP contribution in [0.5, 0.6) is 11.5 Å². The molecule has 0 radical (unpaired) electrons. The van der Waals surface area contributed by atoms with Crippen LogP contribution in [0, 0.1) is 0 Å². The SMILES string of the molecule is CCCCn1c(-c2ccccc2)nc(Cl)c1C(Cc1ccc2c(c1)OCO2)NCc1ccc(S(N)(=O)=O)cc1. The van der Waals surface area contributed by atoms with Crippen LogP contribution in [0.15, 0.2) is 77.7 Å². The van der Waals surface area contributed by atoms with E-state index in [0.717, 1.165) is 59.1 Å². The molecule has 204 valence electrons. The first-order valence-corrected chi connectivity index (χ1v) is 14.8. The van der Waals surface area contributed by atoms with Gasteiger partial charge in [-0.25, -0.2) is 18.5 Å². The van der Waals surface area contributed by atoms with Crippen molar-refractivity contribution in [3.8, 4) is 22.9 Å². The Morgan fingerprint density at radius 2 is 1.74 bits per heavy atom. The predicted octanol–water partition coefficient (Wildman–Crippen LogP) is 5.45. The van der Waals surface area contributed by atoms with Gasteiger partial charge < -0.3 is 19.4 Å². The number of primary sulfonamides is 1. The second kappa shape index (κ2) is 11.8. The number of nitrogens with one attached hydrogen (secondary N) is 1. The number of nitrogens with two attached hydrogens (primary N) is 1. The third-order valence-electron chi connectivity index (χ3n) is 6.74. The normalized spacial score (nSPS) is 13.5. The minimum Gasteiger partial charge on any atom is -0.454 e. The molecule has 39 heavy (non-hydrogen) atoms. The van der Waals surface area contributed by atoms with E-state index in [1.807, 2.05) is 48.5 Å². The first-order chi connectivity index (χ1) is 18.8. The molecular formula is C29H31ClN4O4S. The van der Waals surface area contributed by atoms with Crippen molar-refractivity contribution < 1.29 is 17.9 Å². The molecule has 0 saturated heterocycles. The molecule has 3 aromatic carbocycles. The first-order valence-electron chi connectivity index (χ1n) is 12.9. The van der Waals surface area contributed by atoms with Crippen molar-refractivity contribution in [1.29, 1.82) is 0 Å². The molecule has 10 heteroatoms. The van der Waals surface area contributed by atoms with Gasteiger partial charge in [0.2, 0.25) is 16.8 Å². The lowest BCUT2D eigenvalue weighted by molar-refractivity contribution is 0.174. The van der Waals surface area contributed by atoms with E-state index in [1.165, 1.54) is 12.1 Å². The average Bonchev–Trinajstić information content (AvgIpc) is 3.53. The van der Waals surface area contributed by atoms with Gasteiger partial charge in [0.1, 0.15) is 5.82 Å². The zero-order valence-electron chi connectivity index (χ0n) is 21.6. The summed E-state index contributed by atoms with van der Waals surface area (Å²) in [7, 11) is -3.75. The van der Waals surface area contributed by atoms with Crippen molar-refractivity contribution >= 4 is 21.6 Å². The molecule has 0 aliphatic carbocycles. The molecule has 0 spiro atoms. The molecule has 1 unspecified atom stereocenters. The number of unbranched alkanes of at least 4 members (excludes halogenated alkanes) is 1. The maximum Gasteiger partial charge on any atom is 0.238 e. The van der Waals surface area contributed by atoms with Crippen LogP contribution in [0.1, 0.15) is 42.6 Å². The number of aromatic nitrogens is 2. The summed E-state index contributed by atoms with van der Waals surface area (Å²) in [6.07, 6.45) is 2.63. The molecule has 5 rings (SSSR count). The highest BCUT2D eigenvalue weighted by atomic mass is 35.5. The second-order valence-corrected chi connectivity index (χ2v) is 11.4. The lowest BCUT2D eigenvalue weighted by atomic mass is 10.0. The summed E-state index contributed by atoms with van der Waals surface area (Å²) in [5.74, 6) is 2.29. The van der Waals surface area contributed by atoms with E-state index in [4.69, 9.17) is 31.2 Å². The number of imidazole rings is 1. The molecule has 1 aliphatic rings. The number of hydrogen-bond donors (Lipinski definition) is 2. The van der Waals surface area contributed by atoms with E-state index in [2.05, 4.69) is 16.8 Å². The van der Waals surface area contributed by atoms with Crippen LogP contribution in [0.3, 0.4) is 0 Å². The molecule has 1 aliphatic heterocycles. The summed E-state index contributed by atoms with van der Waals surface area (Å²) >= 11 is 6.89. The molecule has 0 fully saturated rings. The van der Waals surface area contributed by atoms with Crippen LogP contribution in [0.25, 0.3) is 11.4 Å². The van der Waals surface area contributed by atoms with E-state index >= 15 is 0 Å². The summed E-state index contributed by atoms with van der Waals surface area (Å²) in [6.45, 7) is 3.63. The highest BCUT2D eigenvalue weighted by molar-refractivity contribution is 7.89. The monoisotopic (exact) mass is 566 g/mol. The third kappa shape index (κ3) is 6.28. The van der Waals surface area contributed by atoms with Crippen LogP contribution in [0.2, 0.25) is 5.15 Å². The van der Waals surface area contributed by atoms with Crippen molar-refractivity contribution in [3.63, 3.8) is 0 Å². The lowest BCUT2D eigenvalue weighted by Gasteiger charge is -2.23. The van der Waals surface area contributed by atoms with Gasteiger partial charge in [-0.3, -0.25) is 0 Å². The Bertz CT molecular complexity index is 1540. The van der Waals surface area contributed by atoms with Crippen LogP contribution < -0.4 is 19.9 Å². The highest BCUT2D eigenvalue weighted by Crippen LogP contribution is 2.36. The fraction of sp³-hybridized carbons (Fsp3) is 0.276. The van der Waals surface area contributed by atoms with Crippen molar-refractivity contribution in [2.45, 2.75) is 50.2 Å². The van der Waals surface area contributed by atoms with E-state index in [1.54, 1.807) is 12.1 Å². The number of hydrogen-bond acceptors (Lipinski definition) is 6. The summed E-state index contributed by atoms with van der Waals surface area (Å²) in [5.41, 5.74) is 3.88. The predicted molar refractivity (Wildman–Crippen MR) is 151 cm³/mol. The van der Waals surface area contributed by atoms with Gasteiger partial charge in [0.25, 0.3) is 0 Å². The molecule has 0 amide bonds. The molecule has 4 aromatic rings. The number of nitrogens with zero attached hydrogens (tertiary/aromatic N) is 2. The Balaban J connectivity index is 1.51. The van der Waals surface area contributed by atoms with Crippen LogP contribution in [-0.4, -0.2) is 24.8 Å². The van der Waals surface area contributed by atoms with Gasteiger partial charge >= 0.3 is 0 Å². The van der Waals surface area contributed by atoms with Gasteiger partial charge in [0.15, 0.2) is 16.7 Å². The quantitative estimate of drug-likeness (QED) is 0.250. The van der Waals surface area contributed by atoms with Crippen molar-refractivity contribution in [2.24, 2.45) is 5.14 Å². The largest absolute Gasteiger partial charge is 0.454 e. The van der Waals surface area contributed by atoms with Gasteiger partial charge in [-0.1, -0.05) is 73.5 Å². The second-order valence-electron chi connectivity index (χ2n) is 9.50. The molecule has 0 saturated carbocycles. The molecule has 2 heterocycles. The molecule has 1 aromatic heterocycles. The number of ether oxygens (including phenoxy) is 2. The van der Waals surface area contributed by atoms with Gasteiger partial charge in [0.05, 0.1) is 16.6 Å². The number of fused-ring (bicyclic) bond motifs is 1. The Labute approximate surface area is 233 Å². The number of sulfonamides is 1. The van der Waals surface area contributed by atoms with Gasteiger partial charge in [0, 0.05) is 18.7 Å². The number of benzene rings is 3.